The number of halogens is 6. The molecule has 0 spiro atoms. The van der Waals surface area contributed by atoms with Crippen molar-refractivity contribution in [2.24, 2.45) is 17.8 Å². The molecule has 0 amide bonds. The predicted octanol–water partition coefficient (Wildman–Crippen LogP) is 10.0. The van der Waals surface area contributed by atoms with E-state index in [0.717, 1.165) is 57.4 Å². The monoisotopic (exact) mass is 616 g/mol. The van der Waals surface area contributed by atoms with E-state index < -0.39 is 41.0 Å². The topological polar surface area (TPSA) is 32.8 Å². The molecule has 0 aromatic heterocycles. The number of aryl methyl sites for hydroxylation is 1. The Morgan fingerprint density at radius 1 is 0.659 bits per heavy atom. The van der Waals surface area contributed by atoms with Crippen molar-refractivity contribution in [3.05, 3.63) is 93.6 Å². The number of aliphatic hydroxyl groups is 1. The van der Waals surface area contributed by atoms with Crippen molar-refractivity contribution in [2.75, 3.05) is 6.61 Å². The summed E-state index contributed by atoms with van der Waals surface area (Å²) in [6.07, 6.45) is 7.39. The van der Waals surface area contributed by atoms with Gasteiger partial charge in [-0.3, -0.25) is 0 Å². The van der Waals surface area contributed by atoms with E-state index in [2.05, 4.69) is 0 Å². The Kier molecular flexibility index (Phi) is 9.12. The molecule has 2 nitrogen and oxygen atoms in total. The summed E-state index contributed by atoms with van der Waals surface area (Å²) in [5, 5.41) is 9.59. The molecule has 1 N–H and O–H groups in total. The van der Waals surface area contributed by atoms with Gasteiger partial charge < -0.3 is 9.84 Å². The molecule has 3 aromatic rings. The largest absolute Gasteiger partial charge is 0.389 e. The zero-order valence-electron chi connectivity index (χ0n) is 24.8. The molecule has 2 atom stereocenters. The molecule has 2 unspecified atom stereocenters. The normalized spacial score (nSPS) is 26.0. The molecule has 3 aliphatic rings. The number of ether oxygens (including phenoxy) is 1. The summed E-state index contributed by atoms with van der Waals surface area (Å²) >= 11 is 0. The second kappa shape index (κ2) is 12.9. The summed E-state index contributed by atoms with van der Waals surface area (Å²) in [5.41, 5.74) is 0.0258. The summed E-state index contributed by atoms with van der Waals surface area (Å²) in [7, 11) is 0. The van der Waals surface area contributed by atoms with Gasteiger partial charge in [0.2, 0.25) is 0 Å². The molecule has 2 aliphatic carbocycles. The van der Waals surface area contributed by atoms with Crippen molar-refractivity contribution in [1.29, 1.82) is 0 Å². The van der Waals surface area contributed by atoms with Crippen LogP contribution < -0.4 is 0 Å². The molecular weight excluding hydrogens is 578 g/mol. The third-order valence-electron chi connectivity index (χ3n) is 10.4. The summed E-state index contributed by atoms with van der Waals surface area (Å²) in [5.74, 6) is -4.74. The molecule has 3 fully saturated rings. The van der Waals surface area contributed by atoms with Crippen LogP contribution in [0.15, 0.2) is 36.4 Å². The van der Waals surface area contributed by atoms with Crippen LogP contribution in [-0.2, 0) is 11.2 Å². The lowest BCUT2D eigenvalue weighted by Gasteiger charge is -2.38. The van der Waals surface area contributed by atoms with E-state index in [0.29, 0.717) is 48.3 Å². The molecule has 3 aromatic carbocycles. The van der Waals surface area contributed by atoms with Gasteiger partial charge in [-0.25, -0.2) is 26.3 Å². The third kappa shape index (κ3) is 6.17. The van der Waals surface area contributed by atoms with Crippen molar-refractivity contribution in [2.45, 2.75) is 89.3 Å². The zero-order valence-corrected chi connectivity index (χ0v) is 24.8. The fourth-order valence-electron chi connectivity index (χ4n) is 7.67. The Morgan fingerprint density at radius 2 is 1.20 bits per heavy atom. The molecule has 2 saturated carbocycles. The minimum absolute atomic E-state index is 0.0343. The second-order valence-corrected chi connectivity index (χ2v) is 13.0. The number of aliphatic hydroxyl groups excluding tert-OH is 1. The molecule has 0 radical (unpaired) electrons. The predicted molar refractivity (Wildman–Crippen MR) is 156 cm³/mol. The summed E-state index contributed by atoms with van der Waals surface area (Å²) in [6, 6.07) is 8.48. The fraction of sp³-hybridized carbons (Fsp3) is 0.500. The van der Waals surface area contributed by atoms with E-state index in [1.807, 2.05) is 0 Å². The van der Waals surface area contributed by atoms with Gasteiger partial charge >= 0.3 is 0 Å². The van der Waals surface area contributed by atoms with Gasteiger partial charge in [-0.15, -0.1) is 0 Å². The lowest BCUT2D eigenvalue weighted by Crippen LogP contribution is -2.26. The van der Waals surface area contributed by atoms with Gasteiger partial charge in [0, 0.05) is 22.3 Å². The maximum absolute atomic E-state index is 15.0. The van der Waals surface area contributed by atoms with Crippen molar-refractivity contribution in [1.82, 2.24) is 0 Å². The molecular formula is C36H38F6O2. The molecule has 236 valence electrons. The van der Waals surface area contributed by atoms with Crippen LogP contribution in [0.5, 0.6) is 0 Å². The van der Waals surface area contributed by atoms with Crippen molar-refractivity contribution in [3.8, 4) is 11.1 Å². The number of hydrogen-bond acceptors (Lipinski definition) is 2. The van der Waals surface area contributed by atoms with Crippen molar-refractivity contribution < 1.29 is 36.2 Å². The Hall–Kier alpha value is -2.84. The summed E-state index contributed by atoms with van der Waals surface area (Å²) in [4.78, 5) is 0. The first kappa shape index (κ1) is 31.2. The van der Waals surface area contributed by atoms with Crippen LogP contribution in [0.3, 0.4) is 0 Å². The molecule has 6 rings (SSSR count). The fourth-order valence-corrected chi connectivity index (χ4v) is 7.67. The van der Waals surface area contributed by atoms with Gasteiger partial charge in [0.1, 0.15) is 6.10 Å². The Balaban J connectivity index is 1.00. The van der Waals surface area contributed by atoms with E-state index in [-0.39, 0.29) is 34.3 Å². The number of hydrogen-bond donors (Lipinski definition) is 1. The van der Waals surface area contributed by atoms with Crippen LogP contribution in [0.2, 0.25) is 0 Å². The number of epoxide rings is 1. The highest BCUT2D eigenvalue weighted by Crippen LogP contribution is 2.46. The van der Waals surface area contributed by atoms with Crippen LogP contribution in [0.4, 0.5) is 26.3 Å². The van der Waals surface area contributed by atoms with Crippen LogP contribution in [0.1, 0.15) is 105 Å². The number of benzene rings is 3. The Bertz CT molecular complexity index is 1500. The average Bonchev–Trinajstić information content (AvgIpc) is 3.87. The first-order chi connectivity index (χ1) is 21.1. The molecule has 0 bridgehead atoms. The second-order valence-electron chi connectivity index (χ2n) is 13.0. The van der Waals surface area contributed by atoms with Gasteiger partial charge in [-0.05, 0) is 93.1 Å². The Labute approximate surface area is 254 Å². The molecule has 44 heavy (non-hydrogen) atoms. The van der Waals surface area contributed by atoms with E-state index in [1.54, 1.807) is 12.1 Å². The minimum atomic E-state index is -1.32. The SMILES string of the molecule is CC(O)c1ccc(-c2ccc(CCC3CCC(C4CCC(c5ccc(C6CO6)c(F)c5F)CC4)CC3)c(F)c2F)c(F)c1F. The van der Waals surface area contributed by atoms with Gasteiger partial charge in [0.05, 0.1) is 12.7 Å². The van der Waals surface area contributed by atoms with Crippen LogP contribution >= 0.6 is 0 Å². The van der Waals surface area contributed by atoms with Crippen LogP contribution in [-0.4, -0.2) is 11.7 Å². The third-order valence-corrected chi connectivity index (χ3v) is 10.4. The van der Waals surface area contributed by atoms with E-state index >= 15 is 8.78 Å². The number of rotatable bonds is 8. The first-order valence-corrected chi connectivity index (χ1v) is 15.9. The van der Waals surface area contributed by atoms with E-state index in [1.165, 1.54) is 25.1 Å². The average molecular weight is 617 g/mol. The Morgan fingerprint density at radius 3 is 1.82 bits per heavy atom. The van der Waals surface area contributed by atoms with Crippen LogP contribution in [0, 0.1) is 52.7 Å². The highest BCUT2D eigenvalue weighted by molar-refractivity contribution is 5.66. The molecule has 1 saturated heterocycles. The lowest BCUT2D eigenvalue weighted by atomic mass is 9.68. The van der Waals surface area contributed by atoms with Crippen molar-refractivity contribution >= 4 is 0 Å². The summed E-state index contributed by atoms with van der Waals surface area (Å²) < 4.78 is 93.5. The lowest BCUT2D eigenvalue weighted by molar-refractivity contribution is 0.156. The quantitative estimate of drug-likeness (QED) is 0.202. The zero-order chi connectivity index (χ0) is 31.1. The maximum atomic E-state index is 15.0. The molecule has 1 aliphatic heterocycles. The molecule has 8 heteroatoms. The molecule has 1 heterocycles. The van der Waals surface area contributed by atoms with Gasteiger partial charge in [-0.2, -0.15) is 0 Å². The summed E-state index contributed by atoms with van der Waals surface area (Å²) in [6.45, 7) is 1.74. The van der Waals surface area contributed by atoms with Crippen LogP contribution in [0.25, 0.3) is 11.1 Å². The first-order valence-electron chi connectivity index (χ1n) is 15.9. The van der Waals surface area contributed by atoms with Gasteiger partial charge in [0.25, 0.3) is 0 Å². The smallest absolute Gasteiger partial charge is 0.167 e. The van der Waals surface area contributed by atoms with Crippen molar-refractivity contribution in [3.63, 3.8) is 0 Å². The van der Waals surface area contributed by atoms with Gasteiger partial charge in [0.15, 0.2) is 34.9 Å². The minimum Gasteiger partial charge on any atom is -0.389 e. The maximum Gasteiger partial charge on any atom is 0.167 e. The highest BCUT2D eigenvalue weighted by atomic mass is 19.2. The highest BCUT2D eigenvalue weighted by Gasteiger charge is 2.35. The van der Waals surface area contributed by atoms with E-state index in [4.69, 9.17) is 4.74 Å². The standard InChI is InChI=1S/C36H38F6O2/c1-19(43)25-14-16-28(35(41)32(25)38)27-13-12-24(31(37)34(27)40)7-4-20-2-5-21(6-3-20)22-8-10-23(11-9-22)26-15-17-29(30-18-44-30)36(42)33(26)39/h12-17,19-23,30,43H,2-11,18H2,1H3. The van der Waals surface area contributed by atoms with Gasteiger partial charge in [-0.1, -0.05) is 49.2 Å². The van der Waals surface area contributed by atoms with E-state index in [9.17, 15) is 22.7 Å².